The number of benzene rings is 1. The molecule has 0 amide bonds. The average Bonchev–Trinajstić information content (AvgIpc) is 2.83. The van der Waals surface area contributed by atoms with Crippen molar-refractivity contribution in [2.24, 2.45) is 0 Å². The normalized spacial score (nSPS) is 21.5. The minimum atomic E-state index is -0.903. The molecule has 1 aliphatic heterocycles. The maximum Gasteiger partial charge on any atom is 0.0576 e. The molecule has 4 heteroatoms. The van der Waals surface area contributed by atoms with Gasteiger partial charge in [0.15, 0.2) is 0 Å². The van der Waals surface area contributed by atoms with Crippen LogP contribution in [0.25, 0.3) is 0 Å². The minimum Gasteiger partial charge on any atom is -0.399 e. The molecule has 1 aliphatic rings. The molecule has 1 saturated heterocycles. The number of nitrogen functional groups attached to an aromatic ring is 1. The van der Waals surface area contributed by atoms with Crippen LogP contribution < -0.4 is 5.73 Å². The maximum absolute atomic E-state index is 12.0. The van der Waals surface area contributed by atoms with Gasteiger partial charge in [-0.25, -0.2) is 0 Å². The Morgan fingerprint density at radius 1 is 1.35 bits per heavy atom. The van der Waals surface area contributed by atoms with Crippen molar-refractivity contribution in [2.75, 3.05) is 18.1 Å². The molecule has 2 atom stereocenters. The molecule has 3 nitrogen and oxygen atoms in total. The van der Waals surface area contributed by atoms with Gasteiger partial charge in [0.1, 0.15) is 0 Å². The van der Waals surface area contributed by atoms with Crippen molar-refractivity contribution in [1.29, 1.82) is 0 Å². The van der Waals surface area contributed by atoms with Gasteiger partial charge in [-0.2, -0.15) is 0 Å². The van der Waals surface area contributed by atoms with Gasteiger partial charge in [0.05, 0.1) is 16.9 Å². The van der Waals surface area contributed by atoms with E-state index in [0.29, 0.717) is 17.5 Å². The highest BCUT2D eigenvalue weighted by Gasteiger charge is 2.15. The molecule has 2 unspecified atom stereocenters. The van der Waals surface area contributed by atoms with Gasteiger partial charge in [-0.3, -0.25) is 4.21 Å². The molecule has 17 heavy (non-hydrogen) atoms. The van der Waals surface area contributed by atoms with Gasteiger partial charge in [-0.15, -0.1) is 0 Å². The summed E-state index contributed by atoms with van der Waals surface area (Å²) in [6, 6.07) is 7.29. The highest BCUT2D eigenvalue weighted by Crippen LogP contribution is 2.18. The summed E-state index contributed by atoms with van der Waals surface area (Å²) in [5.74, 6) is 0.712. The average molecular weight is 253 g/mol. The van der Waals surface area contributed by atoms with Crippen molar-refractivity contribution in [3.63, 3.8) is 0 Å². The molecule has 2 N–H and O–H groups in total. The van der Waals surface area contributed by atoms with Crippen LogP contribution in [0.3, 0.4) is 0 Å². The third-order valence-corrected chi connectivity index (χ3v) is 4.48. The van der Waals surface area contributed by atoms with E-state index in [1.54, 1.807) is 12.1 Å². The van der Waals surface area contributed by atoms with Crippen molar-refractivity contribution < 1.29 is 8.95 Å². The van der Waals surface area contributed by atoms with Crippen LogP contribution in [-0.4, -0.2) is 22.7 Å². The highest BCUT2D eigenvalue weighted by molar-refractivity contribution is 7.85. The van der Waals surface area contributed by atoms with Gasteiger partial charge in [0.25, 0.3) is 0 Å². The van der Waals surface area contributed by atoms with E-state index in [1.807, 2.05) is 12.1 Å². The van der Waals surface area contributed by atoms with Crippen LogP contribution in [0, 0.1) is 0 Å². The fourth-order valence-corrected chi connectivity index (χ4v) is 3.16. The van der Waals surface area contributed by atoms with E-state index < -0.39 is 10.8 Å². The van der Waals surface area contributed by atoms with Crippen LogP contribution in [0.2, 0.25) is 0 Å². The maximum atomic E-state index is 12.0. The van der Waals surface area contributed by atoms with Gasteiger partial charge < -0.3 is 10.5 Å². The van der Waals surface area contributed by atoms with E-state index in [4.69, 9.17) is 10.5 Å². The van der Waals surface area contributed by atoms with Crippen LogP contribution in [0.15, 0.2) is 29.2 Å². The summed E-state index contributed by atoms with van der Waals surface area (Å²) in [5, 5.41) is 0. The van der Waals surface area contributed by atoms with Crippen molar-refractivity contribution in [3.05, 3.63) is 24.3 Å². The van der Waals surface area contributed by atoms with Gasteiger partial charge in [0.2, 0.25) is 0 Å². The second-order valence-corrected chi connectivity index (χ2v) is 5.97. The zero-order valence-electron chi connectivity index (χ0n) is 9.93. The van der Waals surface area contributed by atoms with Crippen LogP contribution in [0.5, 0.6) is 0 Å². The minimum absolute atomic E-state index is 0.401. The van der Waals surface area contributed by atoms with Gasteiger partial charge in [0, 0.05) is 22.9 Å². The number of hydrogen-bond donors (Lipinski definition) is 1. The smallest absolute Gasteiger partial charge is 0.0576 e. The summed E-state index contributed by atoms with van der Waals surface area (Å²) in [7, 11) is -0.903. The Morgan fingerprint density at radius 3 is 2.76 bits per heavy atom. The third-order valence-electron chi connectivity index (χ3n) is 3.02. The Labute approximate surface area is 105 Å². The second-order valence-electron chi connectivity index (χ2n) is 4.40. The Balaban J connectivity index is 1.75. The van der Waals surface area contributed by atoms with E-state index in [0.717, 1.165) is 30.8 Å². The summed E-state index contributed by atoms with van der Waals surface area (Å²) in [6.45, 7) is 0.895. The number of anilines is 1. The standard InChI is InChI=1S/C13H19NO2S/c14-11-5-7-13(8-6-11)17(15)10-2-4-12-3-1-9-16-12/h5-8,12H,1-4,9-10,14H2. The molecule has 1 aromatic carbocycles. The Morgan fingerprint density at radius 2 is 2.12 bits per heavy atom. The van der Waals surface area contributed by atoms with Crippen LogP contribution in [0.4, 0.5) is 5.69 Å². The largest absolute Gasteiger partial charge is 0.399 e. The zero-order chi connectivity index (χ0) is 12.1. The lowest BCUT2D eigenvalue weighted by Crippen LogP contribution is -2.07. The fourth-order valence-electron chi connectivity index (χ4n) is 2.05. The van der Waals surface area contributed by atoms with Crippen molar-refractivity contribution in [2.45, 2.75) is 36.7 Å². The highest BCUT2D eigenvalue weighted by atomic mass is 32.2. The fraction of sp³-hybridized carbons (Fsp3) is 0.538. The van der Waals surface area contributed by atoms with Crippen molar-refractivity contribution in [1.82, 2.24) is 0 Å². The Hall–Kier alpha value is -0.870. The second kappa shape index (κ2) is 6.17. The molecule has 0 aromatic heterocycles. The van der Waals surface area contributed by atoms with E-state index >= 15 is 0 Å². The number of nitrogens with two attached hydrogens (primary N) is 1. The molecular formula is C13H19NO2S. The van der Waals surface area contributed by atoms with Crippen LogP contribution >= 0.6 is 0 Å². The zero-order valence-corrected chi connectivity index (χ0v) is 10.7. The summed E-state index contributed by atoms with van der Waals surface area (Å²) < 4.78 is 17.5. The van der Waals surface area contributed by atoms with E-state index in [9.17, 15) is 4.21 Å². The van der Waals surface area contributed by atoms with Crippen molar-refractivity contribution >= 4 is 16.5 Å². The quantitative estimate of drug-likeness (QED) is 0.819. The monoisotopic (exact) mass is 253 g/mol. The Bertz CT molecular complexity index is 372. The SMILES string of the molecule is Nc1ccc(S(=O)CCCC2CCCO2)cc1. The first-order chi connectivity index (χ1) is 8.25. The van der Waals surface area contributed by atoms with E-state index in [2.05, 4.69) is 0 Å². The first-order valence-corrected chi connectivity index (χ1v) is 7.43. The summed E-state index contributed by atoms with van der Waals surface area (Å²) in [6.07, 6.45) is 4.72. The summed E-state index contributed by atoms with van der Waals surface area (Å²) in [4.78, 5) is 0.867. The van der Waals surface area contributed by atoms with Gasteiger partial charge >= 0.3 is 0 Å². The summed E-state index contributed by atoms with van der Waals surface area (Å²) in [5.41, 5.74) is 6.31. The predicted octanol–water partition coefficient (Wildman–Crippen LogP) is 2.34. The molecule has 2 rings (SSSR count). The first kappa shape index (κ1) is 12.6. The molecule has 94 valence electrons. The third kappa shape index (κ3) is 3.82. The molecule has 1 heterocycles. The molecule has 1 aromatic rings. The first-order valence-electron chi connectivity index (χ1n) is 6.11. The van der Waals surface area contributed by atoms with Crippen LogP contribution in [0.1, 0.15) is 25.7 Å². The lowest BCUT2D eigenvalue weighted by molar-refractivity contribution is 0.104. The molecular weight excluding hydrogens is 234 g/mol. The molecule has 1 fully saturated rings. The number of hydrogen-bond acceptors (Lipinski definition) is 3. The molecule has 0 saturated carbocycles. The lowest BCUT2D eigenvalue weighted by Gasteiger charge is -2.08. The summed E-state index contributed by atoms with van der Waals surface area (Å²) >= 11 is 0. The predicted molar refractivity (Wildman–Crippen MR) is 70.3 cm³/mol. The number of rotatable bonds is 5. The van der Waals surface area contributed by atoms with Gasteiger partial charge in [-0.05, 0) is 49.9 Å². The topological polar surface area (TPSA) is 52.3 Å². The molecule has 0 radical (unpaired) electrons. The van der Waals surface area contributed by atoms with Gasteiger partial charge in [-0.1, -0.05) is 0 Å². The lowest BCUT2D eigenvalue weighted by atomic mass is 10.1. The van der Waals surface area contributed by atoms with E-state index in [-0.39, 0.29) is 0 Å². The molecule has 0 aliphatic carbocycles. The number of ether oxygens (including phenoxy) is 1. The molecule has 0 bridgehead atoms. The van der Waals surface area contributed by atoms with Crippen molar-refractivity contribution in [3.8, 4) is 0 Å². The molecule has 0 spiro atoms. The Kier molecular flexibility index (Phi) is 4.57. The van der Waals surface area contributed by atoms with E-state index in [1.165, 1.54) is 6.42 Å². The van der Waals surface area contributed by atoms with Crippen LogP contribution in [-0.2, 0) is 15.5 Å².